The van der Waals surface area contributed by atoms with Gasteiger partial charge in [-0.3, -0.25) is 9.59 Å². The molecule has 160 valence electrons. The van der Waals surface area contributed by atoms with Gasteiger partial charge in [0.2, 0.25) is 0 Å². The van der Waals surface area contributed by atoms with Crippen LogP contribution in [0.15, 0.2) is 18.2 Å². The lowest BCUT2D eigenvalue weighted by molar-refractivity contribution is -0.138. The molecule has 0 fully saturated rings. The molecule has 1 heterocycles. The number of carbonyl (C=O) groups is 2. The van der Waals surface area contributed by atoms with Gasteiger partial charge in [-0.2, -0.15) is 11.8 Å². The number of anilines is 1. The Hall–Kier alpha value is -2.30. The average Bonchev–Trinajstić information content (AvgIpc) is 2.98. The van der Waals surface area contributed by atoms with Crippen molar-refractivity contribution in [2.24, 2.45) is 12.8 Å². The first-order valence-electron chi connectivity index (χ1n) is 9.42. The monoisotopic (exact) mass is 424 g/mol. The minimum Gasteiger partial charge on any atom is -0.481 e. The molecule has 0 saturated carbocycles. The molecular weight excluding hydrogens is 396 g/mol. The van der Waals surface area contributed by atoms with E-state index >= 15 is 0 Å². The molecular formula is C19H28N4O5S. The van der Waals surface area contributed by atoms with Crippen molar-refractivity contribution in [1.82, 2.24) is 9.55 Å². The number of nitrogens with zero attached hydrogens (tertiary/aromatic N) is 3. The summed E-state index contributed by atoms with van der Waals surface area (Å²) in [6.45, 7) is 1.09. The summed E-state index contributed by atoms with van der Waals surface area (Å²) in [5, 5.41) is 27.0. The number of rotatable bonds is 13. The van der Waals surface area contributed by atoms with Crippen molar-refractivity contribution in [1.29, 1.82) is 0 Å². The Morgan fingerprint density at radius 1 is 1.31 bits per heavy atom. The van der Waals surface area contributed by atoms with Gasteiger partial charge >= 0.3 is 11.9 Å². The number of carboxylic acid groups (broad SMARTS) is 2. The number of aromatic nitrogens is 2. The van der Waals surface area contributed by atoms with Gasteiger partial charge in [0, 0.05) is 50.2 Å². The van der Waals surface area contributed by atoms with Crippen LogP contribution in [0.1, 0.15) is 18.7 Å². The van der Waals surface area contributed by atoms with Crippen molar-refractivity contribution in [2.75, 3.05) is 36.1 Å². The predicted molar refractivity (Wildman–Crippen MR) is 114 cm³/mol. The summed E-state index contributed by atoms with van der Waals surface area (Å²) < 4.78 is 1.97. The number of thioether (sulfide) groups is 1. The van der Waals surface area contributed by atoms with Crippen LogP contribution in [0, 0.1) is 0 Å². The lowest BCUT2D eigenvalue weighted by Crippen LogP contribution is -2.33. The van der Waals surface area contributed by atoms with E-state index in [4.69, 9.17) is 15.9 Å². The van der Waals surface area contributed by atoms with Crippen LogP contribution < -0.4 is 10.6 Å². The first-order chi connectivity index (χ1) is 13.8. The van der Waals surface area contributed by atoms with E-state index in [-0.39, 0.29) is 13.0 Å². The van der Waals surface area contributed by atoms with Gasteiger partial charge in [0.15, 0.2) is 0 Å². The highest BCUT2D eigenvalue weighted by molar-refractivity contribution is 7.99. The van der Waals surface area contributed by atoms with Gasteiger partial charge < -0.3 is 30.5 Å². The third-order valence-electron chi connectivity index (χ3n) is 4.60. The van der Waals surface area contributed by atoms with Crippen LogP contribution in [0.3, 0.4) is 0 Å². The highest BCUT2D eigenvalue weighted by Crippen LogP contribution is 2.23. The molecule has 2 rings (SSSR count). The zero-order valence-electron chi connectivity index (χ0n) is 16.5. The number of benzene rings is 1. The fourth-order valence-corrected chi connectivity index (χ4v) is 3.92. The van der Waals surface area contributed by atoms with Crippen LogP contribution in [0.2, 0.25) is 0 Å². The quantitative estimate of drug-likeness (QED) is 0.345. The maximum Gasteiger partial charge on any atom is 0.321 e. The van der Waals surface area contributed by atoms with Crippen molar-refractivity contribution in [3.8, 4) is 0 Å². The molecule has 0 aliphatic carbocycles. The Balaban J connectivity index is 2.06. The van der Waals surface area contributed by atoms with E-state index in [1.807, 2.05) is 34.7 Å². The first kappa shape index (κ1) is 23.0. The third-order valence-corrected chi connectivity index (χ3v) is 5.67. The van der Waals surface area contributed by atoms with Gasteiger partial charge in [0.1, 0.15) is 11.9 Å². The van der Waals surface area contributed by atoms with Gasteiger partial charge in [0.05, 0.1) is 17.6 Å². The molecule has 5 N–H and O–H groups in total. The molecule has 0 amide bonds. The zero-order chi connectivity index (χ0) is 21.4. The number of aliphatic hydroxyl groups is 1. The van der Waals surface area contributed by atoms with Gasteiger partial charge in [-0.05, 0) is 24.6 Å². The Bertz CT molecular complexity index is 841. The molecule has 0 aliphatic heterocycles. The molecule has 0 unspecified atom stereocenters. The minimum atomic E-state index is -1.01. The number of aryl methyl sites for hydroxylation is 2. The Morgan fingerprint density at radius 3 is 2.72 bits per heavy atom. The summed E-state index contributed by atoms with van der Waals surface area (Å²) in [6, 6.07) is 5.01. The summed E-state index contributed by atoms with van der Waals surface area (Å²) in [6.07, 6.45) is 1.24. The highest BCUT2D eigenvalue weighted by Gasteiger charge is 2.14. The van der Waals surface area contributed by atoms with E-state index in [0.29, 0.717) is 37.4 Å². The molecule has 10 heteroatoms. The van der Waals surface area contributed by atoms with Crippen molar-refractivity contribution < 1.29 is 24.9 Å². The van der Waals surface area contributed by atoms with Crippen molar-refractivity contribution in [3.63, 3.8) is 0 Å². The summed E-state index contributed by atoms with van der Waals surface area (Å²) in [7, 11) is 1.92. The molecule has 0 spiro atoms. The van der Waals surface area contributed by atoms with Gasteiger partial charge in [-0.15, -0.1) is 0 Å². The summed E-state index contributed by atoms with van der Waals surface area (Å²) in [4.78, 5) is 28.2. The molecule has 0 bridgehead atoms. The fourth-order valence-electron chi connectivity index (χ4n) is 3.00. The largest absolute Gasteiger partial charge is 0.481 e. The van der Waals surface area contributed by atoms with Crippen LogP contribution in [-0.2, 0) is 23.1 Å². The SMILES string of the molecule is Cn1c(CCCC(=O)O)nc2cc(N(CCO)CCSC[C@H](N)C(=O)O)ccc21. The van der Waals surface area contributed by atoms with E-state index in [9.17, 15) is 14.7 Å². The van der Waals surface area contributed by atoms with E-state index < -0.39 is 18.0 Å². The topological polar surface area (TPSA) is 142 Å². The summed E-state index contributed by atoms with van der Waals surface area (Å²) >= 11 is 1.46. The maximum absolute atomic E-state index is 10.8. The second kappa shape index (κ2) is 11.0. The number of carboxylic acids is 2. The molecule has 2 aromatic rings. The smallest absolute Gasteiger partial charge is 0.321 e. The second-order valence-corrected chi connectivity index (χ2v) is 7.89. The standard InChI is InChI=1S/C19H28N4O5S/c1-22-16-6-5-13(11-15(16)21-17(22)3-2-4-18(25)26)23(7-9-24)8-10-29-12-14(20)19(27)28/h5-6,11,14,24H,2-4,7-10,12,20H2,1H3,(H,25,26)(H,27,28)/t14-/m0/s1. The molecule has 0 radical (unpaired) electrons. The Labute approximate surface area is 173 Å². The number of fused-ring (bicyclic) bond motifs is 1. The maximum atomic E-state index is 10.8. The molecule has 1 atom stereocenters. The number of hydrogen-bond donors (Lipinski definition) is 4. The average molecular weight is 425 g/mol. The van der Waals surface area contributed by atoms with Gasteiger partial charge in [-0.1, -0.05) is 0 Å². The Morgan fingerprint density at radius 2 is 2.07 bits per heavy atom. The lowest BCUT2D eigenvalue weighted by Gasteiger charge is -2.24. The molecule has 29 heavy (non-hydrogen) atoms. The van der Waals surface area contributed by atoms with E-state index in [1.54, 1.807) is 0 Å². The molecule has 0 saturated heterocycles. The van der Waals surface area contributed by atoms with Crippen molar-refractivity contribution >= 4 is 40.4 Å². The number of nitrogens with two attached hydrogens (primary N) is 1. The Kier molecular flexibility index (Phi) is 8.74. The first-order valence-corrected chi connectivity index (χ1v) is 10.6. The zero-order valence-corrected chi connectivity index (χ0v) is 17.3. The van der Waals surface area contributed by atoms with Gasteiger partial charge in [0.25, 0.3) is 0 Å². The van der Waals surface area contributed by atoms with E-state index in [1.165, 1.54) is 11.8 Å². The van der Waals surface area contributed by atoms with Crippen LogP contribution in [0.25, 0.3) is 11.0 Å². The normalized spacial score (nSPS) is 12.2. The van der Waals surface area contributed by atoms with Crippen molar-refractivity contribution in [2.45, 2.75) is 25.3 Å². The number of aliphatic hydroxyl groups excluding tert-OH is 1. The van der Waals surface area contributed by atoms with Crippen LogP contribution >= 0.6 is 11.8 Å². The lowest BCUT2D eigenvalue weighted by atomic mass is 10.2. The summed E-state index contributed by atoms with van der Waals surface area (Å²) in [5.74, 6) is 0.0332. The molecule has 9 nitrogen and oxygen atoms in total. The van der Waals surface area contributed by atoms with Crippen LogP contribution in [-0.4, -0.2) is 74.1 Å². The van der Waals surface area contributed by atoms with Crippen LogP contribution in [0.5, 0.6) is 0 Å². The van der Waals surface area contributed by atoms with Gasteiger partial charge in [-0.25, -0.2) is 4.98 Å². The fraction of sp³-hybridized carbons (Fsp3) is 0.526. The number of imidazole rings is 1. The third kappa shape index (κ3) is 6.62. The summed E-state index contributed by atoms with van der Waals surface area (Å²) in [5.41, 5.74) is 8.22. The van der Waals surface area contributed by atoms with Crippen LogP contribution in [0.4, 0.5) is 5.69 Å². The molecule has 1 aromatic carbocycles. The second-order valence-electron chi connectivity index (χ2n) is 6.74. The number of hydrogen-bond acceptors (Lipinski definition) is 7. The molecule has 1 aromatic heterocycles. The van der Waals surface area contributed by atoms with Crippen molar-refractivity contribution in [3.05, 3.63) is 24.0 Å². The number of aliphatic carboxylic acids is 2. The van der Waals surface area contributed by atoms with E-state index in [0.717, 1.165) is 22.5 Å². The minimum absolute atomic E-state index is 0.000000239. The van der Waals surface area contributed by atoms with E-state index in [2.05, 4.69) is 4.98 Å². The predicted octanol–water partition coefficient (Wildman–Crippen LogP) is 0.924. The highest BCUT2D eigenvalue weighted by atomic mass is 32.2. The molecule has 0 aliphatic rings.